The Kier molecular flexibility index (Phi) is 4.62. The predicted octanol–water partition coefficient (Wildman–Crippen LogP) is 0.838. The van der Waals surface area contributed by atoms with Crippen LogP contribution in [-0.4, -0.2) is 62.9 Å². The lowest BCUT2D eigenvalue weighted by Gasteiger charge is -2.35. The summed E-state index contributed by atoms with van der Waals surface area (Å²) >= 11 is 0. The molecule has 1 atom stereocenters. The molecule has 1 aromatic heterocycles. The van der Waals surface area contributed by atoms with Crippen molar-refractivity contribution >= 4 is 15.8 Å². The van der Waals surface area contributed by atoms with E-state index in [1.807, 2.05) is 7.05 Å². The van der Waals surface area contributed by atoms with Crippen LogP contribution in [0.5, 0.6) is 0 Å². The molecule has 6 nitrogen and oxygen atoms in total. The lowest BCUT2D eigenvalue weighted by Crippen LogP contribution is -2.47. The van der Waals surface area contributed by atoms with Crippen molar-refractivity contribution in [2.45, 2.75) is 23.8 Å². The standard InChI is InChI=1S/C13H22N4O2S/c1-14-13-9-12(6-7-15-13)20(18,19)17(3)11-5-4-8-16(2)10-11/h6-7,9,11H,4-5,8,10H2,1-3H3,(H,14,15). The monoisotopic (exact) mass is 298 g/mol. The van der Waals surface area contributed by atoms with Gasteiger partial charge < -0.3 is 10.2 Å². The Morgan fingerprint density at radius 1 is 1.50 bits per heavy atom. The molecule has 0 aliphatic carbocycles. The molecule has 20 heavy (non-hydrogen) atoms. The first kappa shape index (κ1) is 15.2. The summed E-state index contributed by atoms with van der Waals surface area (Å²) in [5.41, 5.74) is 0. The Morgan fingerprint density at radius 2 is 2.25 bits per heavy atom. The van der Waals surface area contributed by atoms with Crippen LogP contribution in [0.4, 0.5) is 5.82 Å². The van der Waals surface area contributed by atoms with Crippen molar-refractivity contribution in [3.8, 4) is 0 Å². The number of likely N-dealkylation sites (N-methyl/N-ethyl adjacent to an activating group) is 2. The summed E-state index contributed by atoms with van der Waals surface area (Å²) in [5, 5.41) is 2.86. The van der Waals surface area contributed by atoms with E-state index in [2.05, 4.69) is 15.2 Å². The Morgan fingerprint density at radius 3 is 2.90 bits per heavy atom. The molecule has 112 valence electrons. The van der Waals surface area contributed by atoms with Crippen molar-refractivity contribution in [2.24, 2.45) is 0 Å². The maximum Gasteiger partial charge on any atom is 0.243 e. The highest BCUT2D eigenvalue weighted by Gasteiger charge is 2.30. The number of likely N-dealkylation sites (tertiary alicyclic amines) is 1. The first-order valence-electron chi connectivity index (χ1n) is 6.75. The molecule has 0 amide bonds. The van der Waals surface area contributed by atoms with Crippen LogP contribution in [0.2, 0.25) is 0 Å². The Hall–Kier alpha value is -1.18. The number of hydrogen-bond donors (Lipinski definition) is 1. The molecule has 1 unspecified atom stereocenters. The van der Waals surface area contributed by atoms with Crippen LogP contribution in [0.3, 0.4) is 0 Å². The smallest absolute Gasteiger partial charge is 0.243 e. The Bertz CT molecular complexity index is 561. The number of anilines is 1. The van der Waals surface area contributed by atoms with E-state index in [0.717, 1.165) is 25.9 Å². The lowest BCUT2D eigenvalue weighted by atomic mass is 10.1. The van der Waals surface area contributed by atoms with Crippen molar-refractivity contribution in [1.29, 1.82) is 0 Å². The molecular formula is C13H22N4O2S. The normalized spacial score (nSPS) is 21.1. The molecule has 1 aliphatic rings. The third-order valence-corrected chi connectivity index (χ3v) is 5.68. The SMILES string of the molecule is CNc1cc(S(=O)(=O)N(C)C2CCCN(C)C2)ccn1. The minimum Gasteiger partial charge on any atom is -0.373 e. The van der Waals surface area contributed by atoms with Gasteiger partial charge in [-0.1, -0.05) is 0 Å². The fraction of sp³-hybridized carbons (Fsp3) is 0.615. The second kappa shape index (κ2) is 6.07. The van der Waals surface area contributed by atoms with Crippen LogP contribution >= 0.6 is 0 Å². The topological polar surface area (TPSA) is 65.5 Å². The molecule has 7 heteroatoms. The molecule has 0 aromatic carbocycles. The van der Waals surface area contributed by atoms with E-state index in [1.54, 1.807) is 26.2 Å². The Labute approximate surface area is 120 Å². The fourth-order valence-electron chi connectivity index (χ4n) is 2.51. The zero-order chi connectivity index (χ0) is 14.8. The molecule has 1 aliphatic heterocycles. The van der Waals surface area contributed by atoms with Gasteiger partial charge in [-0.2, -0.15) is 4.31 Å². The quantitative estimate of drug-likeness (QED) is 0.892. The maximum absolute atomic E-state index is 12.7. The van der Waals surface area contributed by atoms with Gasteiger partial charge in [-0.25, -0.2) is 13.4 Å². The number of hydrogen-bond acceptors (Lipinski definition) is 5. The van der Waals surface area contributed by atoms with Gasteiger partial charge >= 0.3 is 0 Å². The summed E-state index contributed by atoms with van der Waals surface area (Å²) in [6, 6.07) is 3.14. The summed E-state index contributed by atoms with van der Waals surface area (Å²) in [7, 11) is 1.94. The lowest BCUT2D eigenvalue weighted by molar-refractivity contribution is 0.187. The van der Waals surface area contributed by atoms with Gasteiger partial charge in [0.05, 0.1) is 4.90 Å². The molecule has 1 N–H and O–H groups in total. The highest BCUT2D eigenvalue weighted by molar-refractivity contribution is 7.89. The highest BCUT2D eigenvalue weighted by Crippen LogP contribution is 2.22. The van der Waals surface area contributed by atoms with Crippen LogP contribution in [0.25, 0.3) is 0 Å². The van der Waals surface area contributed by atoms with Crippen molar-refractivity contribution in [1.82, 2.24) is 14.2 Å². The van der Waals surface area contributed by atoms with E-state index >= 15 is 0 Å². The van der Waals surface area contributed by atoms with Gasteiger partial charge in [-0.3, -0.25) is 0 Å². The third kappa shape index (κ3) is 3.11. The summed E-state index contributed by atoms with van der Waals surface area (Å²) in [6.07, 6.45) is 3.45. The Balaban J connectivity index is 2.24. The van der Waals surface area contributed by atoms with Crippen LogP contribution in [-0.2, 0) is 10.0 Å². The van der Waals surface area contributed by atoms with Crippen molar-refractivity contribution in [3.05, 3.63) is 18.3 Å². The molecule has 0 spiro atoms. The summed E-state index contributed by atoms with van der Waals surface area (Å²) in [4.78, 5) is 6.51. The molecule has 1 saturated heterocycles. The van der Waals surface area contributed by atoms with Gasteiger partial charge in [0.2, 0.25) is 10.0 Å². The van der Waals surface area contributed by atoms with E-state index in [1.165, 1.54) is 10.5 Å². The average Bonchev–Trinajstić information content (AvgIpc) is 2.46. The number of nitrogens with zero attached hydrogens (tertiary/aromatic N) is 3. The molecule has 0 saturated carbocycles. The number of aromatic nitrogens is 1. The van der Waals surface area contributed by atoms with E-state index in [9.17, 15) is 8.42 Å². The van der Waals surface area contributed by atoms with Crippen LogP contribution in [0.1, 0.15) is 12.8 Å². The zero-order valence-corrected chi connectivity index (χ0v) is 13.0. The van der Waals surface area contributed by atoms with E-state index in [-0.39, 0.29) is 10.9 Å². The zero-order valence-electron chi connectivity index (χ0n) is 12.2. The molecule has 1 fully saturated rings. The molecule has 0 radical (unpaired) electrons. The predicted molar refractivity (Wildman–Crippen MR) is 79.3 cm³/mol. The largest absolute Gasteiger partial charge is 0.373 e. The molecule has 1 aromatic rings. The summed E-state index contributed by atoms with van der Waals surface area (Å²) in [5.74, 6) is 0.556. The van der Waals surface area contributed by atoms with Gasteiger partial charge in [0, 0.05) is 38.9 Å². The first-order chi connectivity index (χ1) is 9.45. The van der Waals surface area contributed by atoms with Crippen LogP contribution in [0, 0.1) is 0 Å². The fourth-order valence-corrected chi connectivity index (χ4v) is 3.90. The number of sulfonamides is 1. The molecule has 2 heterocycles. The number of pyridine rings is 1. The average molecular weight is 298 g/mol. The van der Waals surface area contributed by atoms with Gasteiger partial charge in [-0.05, 0) is 32.5 Å². The highest BCUT2D eigenvalue weighted by atomic mass is 32.2. The number of piperidine rings is 1. The van der Waals surface area contributed by atoms with E-state index in [4.69, 9.17) is 0 Å². The summed E-state index contributed by atoms with van der Waals surface area (Å²) in [6.45, 7) is 1.81. The van der Waals surface area contributed by atoms with Gasteiger partial charge in [-0.15, -0.1) is 0 Å². The van der Waals surface area contributed by atoms with Gasteiger partial charge in [0.25, 0.3) is 0 Å². The number of nitrogens with one attached hydrogen (secondary N) is 1. The molecule has 2 rings (SSSR count). The van der Waals surface area contributed by atoms with Crippen molar-refractivity contribution < 1.29 is 8.42 Å². The summed E-state index contributed by atoms with van der Waals surface area (Å²) < 4.78 is 26.8. The number of rotatable bonds is 4. The van der Waals surface area contributed by atoms with E-state index in [0.29, 0.717) is 5.82 Å². The molecular weight excluding hydrogens is 276 g/mol. The molecule has 0 bridgehead atoms. The van der Waals surface area contributed by atoms with Crippen molar-refractivity contribution in [2.75, 3.05) is 39.5 Å². The third-order valence-electron chi connectivity index (χ3n) is 3.78. The second-order valence-corrected chi connectivity index (χ2v) is 7.20. The maximum atomic E-state index is 12.7. The minimum absolute atomic E-state index is 0.0324. The van der Waals surface area contributed by atoms with Crippen LogP contribution < -0.4 is 5.32 Å². The van der Waals surface area contributed by atoms with Gasteiger partial charge in [0.15, 0.2) is 0 Å². The van der Waals surface area contributed by atoms with Crippen molar-refractivity contribution in [3.63, 3.8) is 0 Å². The van der Waals surface area contributed by atoms with Gasteiger partial charge in [0.1, 0.15) is 5.82 Å². The second-order valence-electron chi connectivity index (χ2n) is 5.21. The minimum atomic E-state index is -3.47. The van der Waals surface area contributed by atoms with E-state index < -0.39 is 10.0 Å². The van der Waals surface area contributed by atoms with Crippen LogP contribution in [0.15, 0.2) is 23.2 Å². The first-order valence-corrected chi connectivity index (χ1v) is 8.19.